The summed E-state index contributed by atoms with van der Waals surface area (Å²) in [5.74, 6) is -4.76. The van der Waals surface area contributed by atoms with Gasteiger partial charge in [-0.15, -0.1) is 0 Å². The van der Waals surface area contributed by atoms with Crippen molar-refractivity contribution in [3.8, 4) is 0 Å². The minimum atomic E-state index is -5.70. The quantitative estimate of drug-likeness (QED) is 0.135. The summed E-state index contributed by atoms with van der Waals surface area (Å²) in [7, 11) is -3.86. The zero-order valence-electron chi connectivity index (χ0n) is 20.0. The number of unbranched alkanes of at least 4 members (excludes halogenated alkanes) is 7. The Kier molecular flexibility index (Phi) is 11.8. The third kappa shape index (κ3) is 8.95. The standard InChI is InChI=1S/C26H34F6O2Si/c1-2-3-4-5-6-7-8-15-20-33-35(22-16-11-9-12-17-22,23-18-13-10-14-19-23)34-21-25(28,29)24(27)26(30,31)32/h9-14,16-19,24H,2-8,15,20-21H2,1H3. The average Bonchev–Trinajstić information content (AvgIpc) is 2.85. The molecule has 2 nitrogen and oxygen atoms in total. The van der Waals surface area contributed by atoms with E-state index in [9.17, 15) is 26.3 Å². The van der Waals surface area contributed by atoms with Gasteiger partial charge in [0.05, 0.1) is 0 Å². The van der Waals surface area contributed by atoms with Crippen LogP contribution in [0.5, 0.6) is 0 Å². The van der Waals surface area contributed by atoms with E-state index in [1.54, 1.807) is 60.7 Å². The Morgan fingerprint density at radius 3 is 1.60 bits per heavy atom. The second-order valence-electron chi connectivity index (χ2n) is 8.63. The van der Waals surface area contributed by atoms with Gasteiger partial charge >= 0.3 is 20.7 Å². The zero-order valence-corrected chi connectivity index (χ0v) is 21.0. The molecule has 0 heterocycles. The molecule has 0 radical (unpaired) electrons. The molecule has 1 unspecified atom stereocenters. The number of alkyl halides is 6. The number of hydrogen-bond donors (Lipinski definition) is 0. The van der Waals surface area contributed by atoms with E-state index < -0.39 is 33.4 Å². The smallest absolute Gasteiger partial charge is 0.388 e. The summed E-state index contributed by atoms with van der Waals surface area (Å²) in [6, 6.07) is 16.7. The van der Waals surface area contributed by atoms with Gasteiger partial charge in [0, 0.05) is 6.61 Å². The molecule has 9 heteroatoms. The summed E-state index contributed by atoms with van der Waals surface area (Å²) in [4.78, 5) is 0. The Hall–Kier alpha value is -1.84. The van der Waals surface area contributed by atoms with E-state index in [0.717, 1.165) is 25.7 Å². The lowest BCUT2D eigenvalue weighted by atomic mass is 10.1. The van der Waals surface area contributed by atoms with Crippen molar-refractivity contribution >= 4 is 18.9 Å². The van der Waals surface area contributed by atoms with Gasteiger partial charge < -0.3 is 8.85 Å². The molecule has 2 aromatic rings. The first-order valence-corrected chi connectivity index (χ1v) is 13.9. The molecule has 0 saturated heterocycles. The third-order valence-corrected chi connectivity index (χ3v) is 9.09. The summed E-state index contributed by atoms with van der Waals surface area (Å²) in [6.07, 6.45) is -1.68. The fourth-order valence-corrected chi connectivity index (χ4v) is 6.99. The Labute approximate surface area is 204 Å². The van der Waals surface area contributed by atoms with Gasteiger partial charge in [-0.25, -0.2) is 13.2 Å². The van der Waals surface area contributed by atoms with Gasteiger partial charge in [0.1, 0.15) is 6.61 Å². The summed E-state index contributed by atoms with van der Waals surface area (Å²) in [6.45, 7) is 0.595. The van der Waals surface area contributed by atoms with Gasteiger partial charge in [-0.05, 0) is 16.8 Å². The van der Waals surface area contributed by atoms with Crippen LogP contribution < -0.4 is 10.4 Å². The highest BCUT2D eigenvalue weighted by molar-refractivity contribution is 6.92. The molecule has 35 heavy (non-hydrogen) atoms. The highest BCUT2D eigenvalue weighted by atomic mass is 28.4. The van der Waals surface area contributed by atoms with Crippen LogP contribution in [-0.4, -0.2) is 40.0 Å². The van der Waals surface area contributed by atoms with Crippen molar-refractivity contribution in [2.45, 2.75) is 76.6 Å². The van der Waals surface area contributed by atoms with E-state index in [0.29, 0.717) is 16.8 Å². The monoisotopic (exact) mass is 520 g/mol. The molecule has 0 aromatic heterocycles. The first-order chi connectivity index (χ1) is 16.6. The molecular formula is C26H34F6O2Si. The molecule has 0 bridgehead atoms. The van der Waals surface area contributed by atoms with Crippen LogP contribution in [0.2, 0.25) is 0 Å². The van der Waals surface area contributed by atoms with Crippen molar-refractivity contribution in [2.75, 3.05) is 13.2 Å². The predicted molar refractivity (Wildman–Crippen MR) is 128 cm³/mol. The summed E-state index contributed by atoms with van der Waals surface area (Å²) in [5, 5.41) is 0.924. The van der Waals surface area contributed by atoms with Crippen molar-refractivity contribution < 1.29 is 35.2 Å². The molecule has 2 rings (SSSR count). The molecule has 0 saturated carbocycles. The lowest BCUT2D eigenvalue weighted by Gasteiger charge is -2.34. The second kappa shape index (κ2) is 14.0. The highest BCUT2D eigenvalue weighted by Crippen LogP contribution is 2.35. The Bertz CT molecular complexity index is 793. The normalized spacial score (nSPS) is 13.7. The Morgan fingerprint density at radius 2 is 1.14 bits per heavy atom. The molecule has 0 fully saturated rings. The van der Waals surface area contributed by atoms with Crippen molar-refractivity contribution in [1.82, 2.24) is 0 Å². The first kappa shape index (κ1) is 29.4. The number of halogens is 6. The van der Waals surface area contributed by atoms with E-state index in [-0.39, 0.29) is 6.61 Å². The molecule has 2 aromatic carbocycles. The van der Waals surface area contributed by atoms with E-state index in [4.69, 9.17) is 8.85 Å². The van der Waals surface area contributed by atoms with E-state index in [1.165, 1.54) is 19.3 Å². The van der Waals surface area contributed by atoms with Crippen LogP contribution in [-0.2, 0) is 8.85 Å². The topological polar surface area (TPSA) is 18.5 Å². The fraction of sp³-hybridized carbons (Fsp3) is 0.538. The maximum absolute atomic E-state index is 14.2. The van der Waals surface area contributed by atoms with Gasteiger partial charge in [0.25, 0.3) is 6.17 Å². The van der Waals surface area contributed by atoms with Gasteiger partial charge in [-0.1, -0.05) is 113 Å². The van der Waals surface area contributed by atoms with E-state index in [2.05, 4.69) is 6.92 Å². The first-order valence-electron chi connectivity index (χ1n) is 12.1. The predicted octanol–water partition coefficient (Wildman–Crippen LogP) is 6.95. The largest absolute Gasteiger partial charge is 0.425 e. The fourth-order valence-electron chi connectivity index (χ4n) is 3.82. The van der Waals surface area contributed by atoms with Crippen LogP contribution in [0.1, 0.15) is 58.3 Å². The SMILES string of the molecule is CCCCCCCCCCO[Si](OCC(F)(F)C(F)C(F)(F)F)(c1ccccc1)c1ccccc1. The minimum Gasteiger partial charge on any atom is -0.388 e. The molecule has 0 spiro atoms. The van der Waals surface area contributed by atoms with Crippen LogP contribution in [0.25, 0.3) is 0 Å². The minimum absolute atomic E-state index is 0.189. The van der Waals surface area contributed by atoms with Crippen molar-refractivity contribution in [3.05, 3.63) is 60.7 Å². The highest BCUT2D eigenvalue weighted by Gasteiger charge is 2.58. The number of hydrogen-bond acceptors (Lipinski definition) is 2. The molecule has 196 valence electrons. The lowest BCUT2D eigenvalue weighted by molar-refractivity contribution is -0.251. The molecule has 0 N–H and O–H groups in total. The van der Waals surface area contributed by atoms with Crippen LogP contribution in [0.3, 0.4) is 0 Å². The summed E-state index contributed by atoms with van der Waals surface area (Å²) in [5.41, 5.74) is 0. The molecule has 0 amide bonds. The van der Waals surface area contributed by atoms with Crippen molar-refractivity contribution in [3.63, 3.8) is 0 Å². The maximum atomic E-state index is 14.2. The Balaban J connectivity index is 2.20. The van der Waals surface area contributed by atoms with E-state index in [1.807, 2.05) is 0 Å². The molecule has 0 aliphatic heterocycles. The van der Waals surface area contributed by atoms with Crippen molar-refractivity contribution in [2.24, 2.45) is 0 Å². The Morgan fingerprint density at radius 1 is 0.686 bits per heavy atom. The van der Waals surface area contributed by atoms with Gasteiger partial charge in [0.2, 0.25) is 0 Å². The van der Waals surface area contributed by atoms with Crippen LogP contribution in [0.15, 0.2) is 60.7 Å². The summed E-state index contributed by atoms with van der Waals surface area (Å²) < 4.78 is 91.9. The molecular weight excluding hydrogens is 486 g/mol. The second-order valence-corrected chi connectivity index (χ2v) is 11.6. The number of rotatable bonds is 16. The molecule has 1 atom stereocenters. The van der Waals surface area contributed by atoms with Crippen LogP contribution in [0, 0.1) is 0 Å². The van der Waals surface area contributed by atoms with E-state index >= 15 is 0 Å². The lowest BCUT2D eigenvalue weighted by Crippen LogP contribution is -2.65. The van der Waals surface area contributed by atoms with Crippen LogP contribution >= 0.6 is 0 Å². The maximum Gasteiger partial charge on any atom is 0.425 e. The van der Waals surface area contributed by atoms with Gasteiger partial charge in [-0.2, -0.15) is 13.2 Å². The number of benzene rings is 2. The average molecular weight is 521 g/mol. The van der Waals surface area contributed by atoms with Crippen LogP contribution in [0.4, 0.5) is 26.3 Å². The zero-order chi connectivity index (χ0) is 25.8. The molecule has 0 aliphatic rings. The van der Waals surface area contributed by atoms with Gasteiger partial charge in [-0.3, -0.25) is 0 Å². The van der Waals surface area contributed by atoms with Gasteiger partial charge in [0.15, 0.2) is 0 Å². The van der Waals surface area contributed by atoms with Crippen molar-refractivity contribution in [1.29, 1.82) is 0 Å². The summed E-state index contributed by atoms with van der Waals surface area (Å²) >= 11 is 0. The molecule has 0 aliphatic carbocycles. The third-order valence-electron chi connectivity index (χ3n) is 5.74.